The molecule has 2 fully saturated rings. The van der Waals surface area contributed by atoms with E-state index in [4.69, 9.17) is 4.74 Å². The third-order valence-electron chi connectivity index (χ3n) is 5.58. The van der Waals surface area contributed by atoms with E-state index < -0.39 is 5.97 Å². The second-order valence-corrected chi connectivity index (χ2v) is 8.98. The summed E-state index contributed by atoms with van der Waals surface area (Å²) >= 11 is 1.38. The molecule has 0 spiro atoms. The average Bonchev–Trinajstić information content (AvgIpc) is 3.41. The molecule has 1 aromatic rings. The lowest BCUT2D eigenvalue weighted by atomic mass is 9.97. The summed E-state index contributed by atoms with van der Waals surface area (Å²) in [4.78, 5) is 40.2. The molecular formula is C20H28N2O4S. The van der Waals surface area contributed by atoms with Crippen molar-refractivity contribution in [1.82, 2.24) is 4.90 Å². The van der Waals surface area contributed by atoms with Crippen molar-refractivity contribution in [3.8, 4) is 0 Å². The molecule has 2 atom stereocenters. The Labute approximate surface area is 164 Å². The van der Waals surface area contributed by atoms with Crippen LogP contribution in [0.25, 0.3) is 0 Å². The summed E-state index contributed by atoms with van der Waals surface area (Å²) in [6.45, 7) is 7.55. The van der Waals surface area contributed by atoms with E-state index >= 15 is 0 Å². The second-order valence-electron chi connectivity index (χ2n) is 7.76. The number of nitrogens with one attached hydrogen (secondary N) is 1. The Morgan fingerprint density at radius 3 is 2.33 bits per heavy atom. The van der Waals surface area contributed by atoms with Gasteiger partial charge in [-0.25, -0.2) is 4.79 Å². The van der Waals surface area contributed by atoms with Crippen LogP contribution in [0.3, 0.4) is 0 Å². The van der Waals surface area contributed by atoms with Gasteiger partial charge in [0.25, 0.3) is 5.91 Å². The Hall–Kier alpha value is -1.89. The van der Waals surface area contributed by atoms with Crippen LogP contribution >= 0.6 is 11.3 Å². The summed E-state index contributed by atoms with van der Waals surface area (Å²) < 4.78 is 5.36. The Morgan fingerprint density at radius 1 is 1.11 bits per heavy atom. The number of piperidine rings is 1. The molecule has 2 amide bonds. The highest BCUT2D eigenvalue weighted by molar-refractivity contribution is 7.16. The molecule has 1 aromatic heterocycles. The lowest BCUT2D eigenvalue weighted by Crippen LogP contribution is -2.49. The largest absolute Gasteiger partial charge is 0.452 e. The number of ether oxygens (including phenoxy) is 1. The Balaban J connectivity index is 1.67. The summed E-state index contributed by atoms with van der Waals surface area (Å²) in [5.41, 5.74) is 1.17. The van der Waals surface area contributed by atoms with E-state index in [0.717, 1.165) is 42.5 Å². The van der Waals surface area contributed by atoms with Crippen LogP contribution in [-0.2, 0) is 14.3 Å². The first-order valence-corrected chi connectivity index (χ1v) is 10.5. The molecule has 1 saturated heterocycles. The zero-order valence-corrected chi connectivity index (χ0v) is 17.3. The lowest BCUT2D eigenvalue weighted by Gasteiger charge is -2.38. The second kappa shape index (κ2) is 8.00. The summed E-state index contributed by atoms with van der Waals surface area (Å²) in [5.74, 6) is -0.692. The number of hydrogen-bond donors (Lipinski definition) is 1. The van der Waals surface area contributed by atoms with Crippen LogP contribution in [0.2, 0.25) is 0 Å². The van der Waals surface area contributed by atoms with Crippen LogP contribution in [0.5, 0.6) is 0 Å². The maximum Gasteiger partial charge on any atom is 0.341 e. The first kappa shape index (κ1) is 19.9. The van der Waals surface area contributed by atoms with Gasteiger partial charge in [-0.2, -0.15) is 0 Å². The molecule has 1 saturated carbocycles. The number of aryl methyl sites for hydroxylation is 1. The van der Waals surface area contributed by atoms with Gasteiger partial charge in [0, 0.05) is 22.9 Å². The van der Waals surface area contributed by atoms with Crippen LogP contribution in [0.15, 0.2) is 0 Å². The molecule has 3 rings (SSSR count). The standard InChI is InChI=1S/C20H28N2O4S/c1-11-6-5-7-12(2)22(11)16(23)10-26-20(25)17-13(3)14(4)27-19(17)21-18(24)15-8-9-15/h11-12,15H,5-10H2,1-4H3,(H,21,24)/t11-,12-/m1/s1. The van der Waals surface area contributed by atoms with Gasteiger partial charge in [-0.1, -0.05) is 0 Å². The molecule has 27 heavy (non-hydrogen) atoms. The maximum atomic E-state index is 12.7. The van der Waals surface area contributed by atoms with Crippen LogP contribution in [0.1, 0.15) is 66.8 Å². The molecule has 0 aromatic carbocycles. The number of carbonyl (C=O) groups excluding carboxylic acids is 3. The Kier molecular flexibility index (Phi) is 5.89. The minimum absolute atomic E-state index is 0.0441. The highest BCUT2D eigenvalue weighted by Gasteiger charge is 2.33. The smallest absolute Gasteiger partial charge is 0.341 e. The third kappa shape index (κ3) is 4.34. The molecule has 2 heterocycles. The number of anilines is 1. The lowest BCUT2D eigenvalue weighted by molar-refractivity contribution is -0.140. The van der Waals surface area contributed by atoms with Gasteiger partial charge in [0.2, 0.25) is 5.91 Å². The molecule has 0 unspecified atom stereocenters. The minimum atomic E-state index is -0.548. The van der Waals surface area contributed by atoms with Gasteiger partial charge in [-0.15, -0.1) is 11.3 Å². The molecule has 7 heteroatoms. The van der Waals surface area contributed by atoms with E-state index in [9.17, 15) is 14.4 Å². The van der Waals surface area contributed by atoms with E-state index in [0.29, 0.717) is 10.6 Å². The van der Waals surface area contributed by atoms with Gasteiger partial charge in [-0.05, 0) is 65.4 Å². The van der Waals surface area contributed by atoms with Gasteiger partial charge in [0.05, 0.1) is 5.56 Å². The topological polar surface area (TPSA) is 75.7 Å². The number of nitrogens with zero attached hydrogens (tertiary/aromatic N) is 1. The molecule has 1 aliphatic carbocycles. The molecule has 2 aliphatic rings. The van der Waals surface area contributed by atoms with E-state index in [-0.39, 0.29) is 36.4 Å². The van der Waals surface area contributed by atoms with Crippen LogP contribution in [0.4, 0.5) is 5.00 Å². The number of carbonyl (C=O) groups is 3. The summed E-state index contributed by atoms with van der Waals surface area (Å²) in [5, 5.41) is 3.39. The highest BCUT2D eigenvalue weighted by Crippen LogP contribution is 2.36. The van der Waals surface area contributed by atoms with E-state index in [1.54, 1.807) is 0 Å². The van der Waals surface area contributed by atoms with Gasteiger partial charge < -0.3 is 15.0 Å². The van der Waals surface area contributed by atoms with Crippen molar-refractivity contribution in [3.63, 3.8) is 0 Å². The van der Waals surface area contributed by atoms with Crippen LogP contribution in [0, 0.1) is 19.8 Å². The van der Waals surface area contributed by atoms with Crippen molar-refractivity contribution in [2.75, 3.05) is 11.9 Å². The molecule has 1 aliphatic heterocycles. The third-order valence-corrected chi connectivity index (χ3v) is 6.71. The minimum Gasteiger partial charge on any atom is -0.452 e. The predicted octanol–water partition coefficient (Wildman–Crippen LogP) is 3.66. The quantitative estimate of drug-likeness (QED) is 0.776. The zero-order valence-electron chi connectivity index (χ0n) is 16.5. The van der Waals surface area contributed by atoms with Crippen molar-refractivity contribution in [3.05, 3.63) is 16.0 Å². The Bertz CT molecular complexity index is 743. The molecule has 0 radical (unpaired) electrons. The first-order valence-electron chi connectivity index (χ1n) is 9.68. The van der Waals surface area contributed by atoms with Gasteiger partial charge >= 0.3 is 5.97 Å². The van der Waals surface area contributed by atoms with Crippen molar-refractivity contribution >= 4 is 34.1 Å². The van der Waals surface area contributed by atoms with Crippen molar-refractivity contribution in [2.45, 2.75) is 71.9 Å². The fourth-order valence-corrected chi connectivity index (χ4v) is 4.76. The first-order chi connectivity index (χ1) is 12.8. The van der Waals surface area contributed by atoms with Gasteiger partial charge in [0.15, 0.2) is 6.61 Å². The molecule has 1 N–H and O–H groups in total. The average molecular weight is 393 g/mol. The summed E-state index contributed by atoms with van der Waals surface area (Å²) in [6, 6.07) is 0.331. The number of esters is 1. The fraction of sp³-hybridized carbons (Fsp3) is 0.650. The summed E-state index contributed by atoms with van der Waals surface area (Å²) in [6.07, 6.45) is 4.86. The maximum absolute atomic E-state index is 12.7. The van der Waals surface area contributed by atoms with E-state index in [1.165, 1.54) is 11.3 Å². The normalized spacial score (nSPS) is 22.4. The van der Waals surface area contributed by atoms with E-state index in [2.05, 4.69) is 5.32 Å². The monoisotopic (exact) mass is 392 g/mol. The van der Waals surface area contributed by atoms with Crippen molar-refractivity contribution in [1.29, 1.82) is 0 Å². The van der Waals surface area contributed by atoms with Crippen molar-refractivity contribution in [2.24, 2.45) is 5.92 Å². The zero-order chi connectivity index (χ0) is 19.7. The molecule has 0 bridgehead atoms. The van der Waals surface area contributed by atoms with Gasteiger partial charge in [-0.3, -0.25) is 9.59 Å². The van der Waals surface area contributed by atoms with Crippen LogP contribution in [-0.4, -0.2) is 41.4 Å². The molecule has 6 nitrogen and oxygen atoms in total. The number of likely N-dealkylation sites (tertiary alicyclic amines) is 1. The van der Waals surface area contributed by atoms with E-state index in [1.807, 2.05) is 32.6 Å². The molecular weight excluding hydrogens is 364 g/mol. The van der Waals surface area contributed by atoms with Crippen LogP contribution < -0.4 is 5.32 Å². The number of thiophene rings is 1. The molecule has 148 valence electrons. The Morgan fingerprint density at radius 2 is 1.74 bits per heavy atom. The predicted molar refractivity (Wildman–Crippen MR) is 105 cm³/mol. The fourth-order valence-electron chi connectivity index (χ4n) is 3.71. The highest BCUT2D eigenvalue weighted by atomic mass is 32.1. The number of amides is 2. The van der Waals surface area contributed by atoms with Crippen molar-refractivity contribution < 1.29 is 19.1 Å². The number of rotatable bonds is 5. The SMILES string of the molecule is Cc1sc(NC(=O)C2CC2)c(C(=O)OCC(=O)N2[C@H](C)CCC[C@H]2C)c1C. The number of hydrogen-bond acceptors (Lipinski definition) is 5. The summed E-state index contributed by atoms with van der Waals surface area (Å²) in [7, 11) is 0. The van der Waals surface area contributed by atoms with Gasteiger partial charge in [0.1, 0.15) is 5.00 Å².